The predicted octanol–water partition coefficient (Wildman–Crippen LogP) is 3.05. The molecule has 0 aliphatic carbocycles. The number of thioether (sulfide) groups is 1. The molecule has 4 heterocycles. The van der Waals surface area contributed by atoms with Crippen LogP contribution in [0.25, 0.3) is 11.2 Å². The molecular weight excluding hydrogens is 358 g/mol. The number of rotatable bonds is 4. The van der Waals surface area contributed by atoms with Crippen molar-refractivity contribution in [1.29, 1.82) is 0 Å². The molecule has 2 saturated heterocycles. The molecule has 2 fully saturated rings. The molecule has 1 amide bonds. The van der Waals surface area contributed by atoms with E-state index in [-0.39, 0.29) is 5.92 Å². The number of aromatic nitrogens is 3. The first-order chi connectivity index (χ1) is 13.2. The van der Waals surface area contributed by atoms with Crippen molar-refractivity contribution in [1.82, 2.24) is 24.3 Å². The van der Waals surface area contributed by atoms with Gasteiger partial charge in [-0.05, 0) is 63.7 Å². The minimum absolute atomic E-state index is 0.224. The second-order valence-corrected chi connectivity index (χ2v) is 8.35. The van der Waals surface area contributed by atoms with Gasteiger partial charge in [0, 0.05) is 31.2 Å². The van der Waals surface area contributed by atoms with Gasteiger partial charge in [0.2, 0.25) is 5.91 Å². The van der Waals surface area contributed by atoms with E-state index >= 15 is 0 Å². The van der Waals surface area contributed by atoms with Crippen LogP contribution in [-0.4, -0.2) is 69.2 Å². The van der Waals surface area contributed by atoms with Crippen molar-refractivity contribution in [2.75, 3.05) is 39.0 Å². The third-order valence-corrected chi connectivity index (χ3v) is 6.78. The molecule has 2 aromatic rings. The highest BCUT2D eigenvalue weighted by Crippen LogP contribution is 2.32. The highest BCUT2D eigenvalue weighted by Gasteiger charge is 2.32. The summed E-state index contributed by atoms with van der Waals surface area (Å²) in [5.74, 6) is 0.602. The minimum atomic E-state index is 0.224. The van der Waals surface area contributed by atoms with Crippen LogP contribution >= 0.6 is 11.8 Å². The molecule has 6 nitrogen and oxygen atoms in total. The van der Waals surface area contributed by atoms with Crippen molar-refractivity contribution < 1.29 is 4.79 Å². The Hall–Kier alpha value is -1.60. The fraction of sp³-hybridized carbons (Fsp3) is 0.650. The van der Waals surface area contributed by atoms with Crippen LogP contribution in [0.5, 0.6) is 0 Å². The summed E-state index contributed by atoms with van der Waals surface area (Å²) in [5, 5.41) is 1.03. The van der Waals surface area contributed by atoms with Gasteiger partial charge in [0.05, 0.1) is 0 Å². The summed E-state index contributed by atoms with van der Waals surface area (Å²) in [6, 6.07) is 4.34. The maximum absolute atomic E-state index is 12.9. The molecule has 27 heavy (non-hydrogen) atoms. The van der Waals surface area contributed by atoms with Crippen LogP contribution in [0.15, 0.2) is 23.5 Å². The summed E-state index contributed by atoms with van der Waals surface area (Å²) >= 11 is 1.67. The van der Waals surface area contributed by atoms with Crippen molar-refractivity contribution in [3.63, 3.8) is 0 Å². The van der Waals surface area contributed by atoms with E-state index in [2.05, 4.69) is 32.5 Å². The van der Waals surface area contributed by atoms with Crippen LogP contribution < -0.4 is 0 Å². The Morgan fingerprint density at radius 2 is 1.93 bits per heavy atom. The SMILES string of the molecule is CCN1CCC(C(=O)N2CCC(n3c(SC)nc4cccnc43)CC2)CC1. The summed E-state index contributed by atoms with van der Waals surface area (Å²) in [7, 11) is 0. The van der Waals surface area contributed by atoms with E-state index in [4.69, 9.17) is 4.98 Å². The Kier molecular flexibility index (Phi) is 5.68. The quantitative estimate of drug-likeness (QED) is 0.755. The van der Waals surface area contributed by atoms with Gasteiger partial charge in [-0.1, -0.05) is 18.7 Å². The van der Waals surface area contributed by atoms with Crippen molar-refractivity contribution in [3.05, 3.63) is 18.3 Å². The summed E-state index contributed by atoms with van der Waals surface area (Å²) in [4.78, 5) is 26.8. The second kappa shape index (κ2) is 8.19. The lowest BCUT2D eigenvalue weighted by atomic mass is 9.94. The van der Waals surface area contributed by atoms with Gasteiger partial charge < -0.3 is 14.4 Å². The van der Waals surface area contributed by atoms with Gasteiger partial charge in [0.15, 0.2) is 10.8 Å². The van der Waals surface area contributed by atoms with Crippen molar-refractivity contribution in [2.24, 2.45) is 5.92 Å². The smallest absolute Gasteiger partial charge is 0.225 e. The van der Waals surface area contributed by atoms with E-state index in [9.17, 15) is 4.79 Å². The van der Waals surface area contributed by atoms with Gasteiger partial charge in [0.1, 0.15) is 5.52 Å². The van der Waals surface area contributed by atoms with Crippen LogP contribution in [-0.2, 0) is 4.79 Å². The number of carbonyl (C=O) groups is 1. The molecule has 2 aliphatic rings. The molecule has 0 radical (unpaired) electrons. The molecule has 2 aromatic heterocycles. The first-order valence-corrected chi connectivity index (χ1v) is 11.3. The standard InChI is InChI=1S/C20H29N5OS/c1-3-23-11-6-15(7-12-23)19(26)24-13-8-16(9-14-24)25-18-17(5-4-10-21-18)22-20(25)27-2/h4-5,10,15-16H,3,6-9,11-14H2,1-2H3. The predicted molar refractivity (Wildman–Crippen MR) is 109 cm³/mol. The Morgan fingerprint density at radius 3 is 2.59 bits per heavy atom. The van der Waals surface area contributed by atoms with E-state index < -0.39 is 0 Å². The van der Waals surface area contributed by atoms with Crippen molar-refractivity contribution in [2.45, 2.75) is 43.8 Å². The number of fused-ring (bicyclic) bond motifs is 1. The van der Waals surface area contributed by atoms with Gasteiger partial charge >= 0.3 is 0 Å². The molecule has 7 heteroatoms. The van der Waals surface area contributed by atoms with Crippen molar-refractivity contribution >= 4 is 28.8 Å². The topological polar surface area (TPSA) is 54.3 Å². The summed E-state index contributed by atoms with van der Waals surface area (Å²) in [5.41, 5.74) is 1.93. The third kappa shape index (κ3) is 3.72. The van der Waals surface area contributed by atoms with Gasteiger partial charge in [-0.25, -0.2) is 9.97 Å². The number of likely N-dealkylation sites (tertiary alicyclic amines) is 2. The van der Waals surface area contributed by atoms with Crippen molar-refractivity contribution in [3.8, 4) is 0 Å². The molecule has 146 valence electrons. The minimum Gasteiger partial charge on any atom is -0.342 e. The highest BCUT2D eigenvalue weighted by molar-refractivity contribution is 7.98. The number of hydrogen-bond acceptors (Lipinski definition) is 5. The maximum atomic E-state index is 12.9. The fourth-order valence-electron chi connectivity index (χ4n) is 4.48. The molecule has 0 saturated carbocycles. The Balaban J connectivity index is 1.42. The maximum Gasteiger partial charge on any atom is 0.225 e. The molecule has 2 aliphatic heterocycles. The number of piperidine rings is 2. The zero-order valence-corrected chi connectivity index (χ0v) is 17.1. The molecule has 0 atom stereocenters. The largest absolute Gasteiger partial charge is 0.342 e. The lowest BCUT2D eigenvalue weighted by Gasteiger charge is -2.37. The van der Waals surface area contributed by atoms with E-state index in [0.717, 1.165) is 74.7 Å². The van der Waals surface area contributed by atoms with Gasteiger partial charge in [0.25, 0.3) is 0 Å². The number of nitrogens with zero attached hydrogens (tertiary/aromatic N) is 5. The molecule has 0 N–H and O–H groups in total. The van der Waals surface area contributed by atoms with Crippen LogP contribution in [0.1, 0.15) is 38.6 Å². The monoisotopic (exact) mass is 387 g/mol. The number of imidazole rings is 1. The molecule has 0 unspecified atom stereocenters. The lowest BCUT2D eigenvalue weighted by Crippen LogP contribution is -2.45. The second-order valence-electron chi connectivity index (χ2n) is 7.58. The molecule has 4 rings (SSSR count). The normalized spacial score (nSPS) is 20.4. The number of pyridine rings is 1. The van der Waals surface area contributed by atoms with Gasteiger partial charge in [-0.2, -0.15) is 0 Å². The van der Waals surface area contributed by atoms with Crippen LogP contribution in [0.2, 0.25) is 0 Å². The van der Waals surface area contributed by atoms with E-state index in [1.807, 2.05) is 18.3 Å². The van der Waals surface area contributed by atoms with E-state index in [1.54, 1.807) is 11.8 Å². The van der Waals surface area contributed by atoms with Crippen LogP contribution in [0.4, 0.5) is 0 Å². The number of carbonyl (C=O) groups excluding carboxylic acids is 1. The molecular formula is C20H29N5OS. The first kappa shape index (κ1) is 18.7. The first-order valence-electron chi connectivity index (χ1n) is 10.1. The Morgan fingerprint density at radius 1 is 1.19 bits per heavy atom. The molecule has 0 aromatic carbocycles. The summed E-state index contributed by atoms with van der Waals surface area (Å²) in [6.07, 6.45) is 7.90. The summed E-state index contributed by atoms with van der Waals surface area (Å²) in [6.45, 7) is 7.11. The average molecular weight is 388 g/mol. The van der Waals surface area contributed by atoms with E-state index in [0.29, 0.717) is 11.9 Å². The van der Waals surface area contributed by atoms with Gasteiger partial charge in [-0.3, -0.25) is 4.79 Å². The zero-order valence-electron chi connectivity index (χ0n) is 16.3. The Bertz CT molecular complexity index is 791. The molecule has 0 bridgehead atoms. The Labute approximate surface area is 165 Å². The van der Waals surface area contributed by atoms with E-state index in [1.165, 1.54) is 0 Å². The number of hydrogen-bond donors (Lipinski definition) is 0. The van der Waals surface area contributed by atoms with Gasteiger partial charge in [-0.15, -0.1) is 0 Å². The fourth-order valence-corrected chi connectivity index (χ4v) is 5.10. The molecule has 0 spiro atoms. The highest BCUT2D eigenvalue weighted by atomic mass is 32.2. The number of amides is 1. The summed E-state index contributed by atoms with van der Waals surface area (Å²) < 4.78 is 2.29. The zero-order chi connectivity index (χ0) is 18.8. The van der Waals surface area contributed by atoms with Crippen LogP contribution in [0, 0.1) is 5.92 Å². The van der Waals surface area contributed by atoms with Crippen LogP contribution in [0.3, 0.4) is 0 Å². The third-order valence-electron chi connectivity index (χ3n) is 6.12. The lowest BCUT2D eigenvalue weighted by molar-refractivity contribution is -0.138. The average Bonchev–Trinajstić information content (AvgIpc) is 3.12.